The number of rotatable bonds is 3. The first-order valence-corrected chi connectivity index (χ1v) is 6.78. The van der Waals surface area contributed by atoms with E-state index in [1.807, 2.05) is 24.3 Å². The quantitative estimate of drug-likeness (QED) is 0.894. The summed E-state index contributed by atoms with van der Waals surface area (Å²) in [5.41, 5.74) is 1.05. The Morgan fingerprint density at radius 2 is 2.18 bits per heavy atom. The van der Waals surface area contributed by atoms with E-state index in [4.69, 9.17) is 0 Å². The number of nitrogens with one attached hydrogen (secondary N) is 2. The normalized spacial score (nSPS) is 19.9. The van der Waals surface area contributed by atoms with Crippen LogP contribution in [-0.4, -0.2) is 25.0 Å². The topological polar surface area (TPSA) is 41.1 Å². The Bertz CT molecular complexity index is 372. The minimum Gasteiger partial charge on any atom is -0.352 e. The Hall–Kier alpha value is -0.870. The number of halogens is 1. The second kappa shape index (κ2) is 6.17. The zero-order valence-corrected chi connectivity index (χ0v) is 11.3. The average Bonchev–Trinajstić information content (AvgIpc) is 2.33. The first-order valence-electron chi connectivity index (χ1n) is 5.98. The summed E-state index contributed by atoms with van der Waals surface area (Å²) >= 11 is 3.38. The van der Waals surface area contributed by atoms with Crippen LogP contribution >= 0.6 is 15.9 Å². The minimum absolute atomic E-state index is 0.112. The molecule has 0 aliphatic carbocycles. The number of carbonyl (C=O) groups is 1. The second-order valence-electron chi connectivity index (χ2n) is 4.41. The molecule has 1 atom stereocenters. The summed E-state index contributed by atoms with van der Waals surface area (Å²) in [4.78, 5) is 11.8. The van der Waals surface area contributed by atoms with E-state index in [1.54, 1.807) is 0 Å². The van der Waals surface area contributed by atoms with E-state index in [0.29, 0.717) is 12.5 Å². The average molecular weight is 297 g/mol. The molecule has 4 heteroatoms. The largest absolute Gasteiger partial charge is 0.352 e. The van der Waals surface area contributed by atoms with Gasteiger partial charge in [-0.2, -0.15) is 0 Å². The van der Waals surface area contributed by atoms with Gasteiger partial charge < -0.3 is 10.6 Å². The fourth-order valence-electron chi connectivity index (χ4n) is 2.04. The summed E-state index contributed by atoms with van der Waals surface area (Å²) in [5, 5.41) is 6.36. The first kappa shape index (κ1) is 12.6. The fraction of sp³-hybridized carbons (Fsp3) is 0.462. The van der Waals surface area contributed by atoms with Crippen LogP contribution in [0.15, 0.2) is 28.7 Å². The van der Waals surface area contributed by atoms with Gasteiger partial charge in [0.15, 0.2) is 0 Å². The van der Waals surface area contributed by atoms with Crippen molar-refractivity contribution in [2.75, 3.05) is 13.1 Å². The molecule has 0 bridgehead atoms. The van der Waals surface area contributed by atoms with Crippen molar-refractivity contribution in [3.8, 4) is 0 Å². The number of piperidine rings is 1. The van der Waals surface area contributed by atoms with Gasteiger partial charge in [-0.25, -0.2) is 0 Å². The molecule has 3 nitrogen and oxygen atoms in total. The maximum absolute atomic E-state index is 11.8. The van der Waals surface area contributed by atoms with Gasteiger partial charge in [0.25, 0.3) is 0 Å². The highest BCUT2D eigenvalue weighted by atomic mass is 79.9. The van der Waals surface area contributed by atoms with E-state index >= 15 is 0 Å². The SMILES string of the molecule is O=C(Cc1ccc(Br)cc1)N[C@H]1CCCNC1. The van der Waals surface area contributed by atoms with Gasteiger partial charge in [-0.3, -0.25) is 4.79 Å². The number of amides is 1. The third-order valence-corrected chi connectivity index (χ3v) is 3.47. The van der Waals surface area contributed by atoms with Crippen LogP contribution in [-0.2, 0) is 11.2 Å². The molecule has 0 saturated carbocycles. The summed E-state index contributed by atoms with van der Waals surface area (Å²) in [6, 6.07) is 8.17. The molecule has 0 aromatic heterocycles. The van der Waals surface area contributed by atoms with Crippen molar-refractivity contribution in [1.82, 2.24) is 10.6 Å². The highest BCUT2D eigenvalue weighted by Gasteiger charge is 2.15. The maximum Gasteiger partial charge on any atom is 0.224 e. The Balaban J connectivity index is 1.82. The van der Waals surface area contributed by atoms with Gasteiger partial charge in [-0.15, -0.1) is 0 Å². The van der Waals surface area contributed by atoms with Crippen LogP contribution < -0.4 is 10.6 Å². The molecule has 1 aromatic rings. The van der Waals surface area contributed by atoms with Gasteiger partial charge in [-0.1, -0.05) is 28.1 Å². The van der Waals surface area contributed by atoms with E-state index in [9.17, 15) is 4.79 Å². The number of hydrogen-bond donors (Lipinski definition) is 2. The number of carbonyl (C=O) groups excluding carboxylic acids is 1. The van der Waals surface area contributed by atoms with Gasteiger partial charge in [-0.05, 0) is 37.1 Å². The zero-order chi connectivity index (χ0) is 12.1. The molecule has 1 amide bonds. The molecule has 1 aliphatic heterocycles. The van der Waals surface area contributed by atoms with Crippen molar-refractivity contribution in [2.45, 2.75) is 25.3 Å². The molecule has 0 radical (unpaired) electrons. The monoisotopic (exact) mass is 296 g/mol. The molecule has 17 heavy (non-hydrogen) atoms. The highest BCUT2D eigenvalue weighted by molar-refractivity contribution is 9.10. The molecular weight excluding hydrogens is 280 g/mol. The van der Waals surface area contributed by atoms with Gasteiger partial charge in [0.05, 0.1) is 6.42 Å². The third-order valence-electron chi connectivity index (χ3n) is 2.94. The van der Waals surface area contributed by atoms with E-state index in [1.165, 1.54) is 0 Å². The van der Waals surface area contributed by atoms with Crippen molar-refractivity contribution >= 4 is 21.8 Å². The third kappa shape index (κ3) is 4.13. The van der Waals surface area contributed by atoms with Crippen LogP contribution in [0.2, 0.25) is 0 Å². The fourth-order valence-corrected chi connectivity index (χ4v) is 2.31. The lowest BCUT2D eigenvalue weighted by Crippen LogP contribution is -2.46. The van der Waals surface area contributed by atoms with Crippen molar-refractivity contribution in [1.29, 1.82) is 0 Å². The van der Waals surface area contributed by atoms with Crippen molar-refractivity contribution in [3.63, 3.8) is 0 Å². The van der Waals surface area contributed by atoms with Gasteiger partial charge in [0.2, 0.25) is 5.91 Å². The summed E-state index contributed by atoms with van der Waals surface area (Å²) in [6.07, 6.45) is 2.69. The van der Waals surface area contributed by atoms with Crippen LogP contribution in [0.25, 0.3) is 0 Å². The van der Waals surface area contributed by atoms with Crippen LogP contribution in [0.4, 0.5) is 0 Å². The summed E-state index contributed by atoms with van der Waals surface area (Å²) in [7, 11) is 0. The molecule has 0 spiro atoms. The molecule has 1 saturated heterocycles. The van der Waals surface area contributed by atoms with Gasteiger partial charge in [0.1, 0.15) is 0 Å². The Morgan fingerprint density at radius 1 is 1.41 bits per heavy atom. The molecule has 92 valence electrons. The van der Waals surface area contributed by atoms with E-state index in [-0.39, 0.29) is 5.91 Å². The van der Waals surface area contributed by atoms with E-state index in [0.717, 1.165) is 36.0 Å². The van der Waals surface area contributed by atoms with E-state index < -0.39 is 0 Å². The van der Waals surface area contributed by atoms with Crippen LogP contribution in [0.5, 0.6) is 0 Å². The lowest BCUT2D eigenvalue weighted by atomic mass is 10.1. The van der Waals surface area contributed by atoms with Crippen molar-refractivity contribution in [2.24, 2.45) is 0 Å². The van der Waals surface area contributed by atoms with Crippen molar-refractivity contribution in [3.05, 3.63) is 34.3 Å². The molecule has 2 N–H and O–H groups in total. The van der Waals surface area contributed by atoms with Gasteiger partial charge >= 0.3 is 0 Å². The number of benzene rings is 1. The maximum atomic E-state index is 11.8. The van der Waals surface area contributed by atoms with E-state index in [2.05, 4.69) is 26.6 Å². The van der Waals surface area contributed by atoms with Crippen LogP contribution in [0.1, 0.15) is 18.4 Å². The predicted molar refractivity (Wildman–Crippen MR) is 71.9 cm³/mol. The number of hydrogen-bond acceptors (Lipinski definition) is 2. The molecule has 0 unspecified atom stereocenters. The molecule has 1 fully saturated rings. The Labute approximate surface area is 110 Å². The minimum atomic E-state index is 0.112. The van der Waals surface area contributed by atoms with Gasteiger partial charge in [0, 0.05) is 17.1 Å². The predicted octanol–water partition coefficient (Wildman–Crippen LogP) is 1.86. The zero-order valence-electron chi connectivity index (χ0n) is 9.71. The first-order chi connectivity index (χ1) is 8.24. The molecule has 1 aliphatic rings. The van der Waals surface area contributed by atoms with Crippen LogP contribution in [0.3, 0.4) is 0 Å². The molecule has 2 rings (SSSR count). The van der Waals surface area contributed by atoms with Crippen LogP contribution in [0, 0.1) is 0 Å². The molecular formula is C13H17BrN2O. The molecule has 1 aromatic carbocycles. The molecule has 1 heterocycles. The standard InChI is InChI=1S/C13H17BrN2O/c14-11-5-3-10(4-6-11)8-13(17)16-12-2-1-7-15-9-12/h3-6,12,15H,1-2,7-9H2,(H,16,17)/t12-/m0/s1. The van der Waals surface area contributed by atoms with Crippen molar-refractivity contribution < 1.29 is 4.79 Å². The smallest absolute Gasteiger partial charge is 0.224 e. The Kier molecular flexibility index (Phi) is 4.57. The Morgan fingerprint density at radius 3 is 2.82 bits per heavy atom. The summed E-state index contributed by atoms with van der Waals surface area (Å²) in [6.45, 7) is 1.96. The highest BCUT2D eigenvalue weighted by Crippen LogP contribution is 2.11. The second-order valence-corrected chi connectivity index (χ2v) is 5.33. The lowest BCUT2D eigenvalue weighted by Gasteiger charge is -2.23. The lowest BCUT2D eigenvalue weighted by molar-refractivity contribution is -0.121. The summed E-state index contributed by atoms with van der Waals surface area (Å²) < 4.78 is 1.04. The summed E-state index contributed by atoms with van der Waals surface area (Å²) in [5.74, 6) is 0.112.